The van der Waals surface area contributed by atoms with Crippen LogP contribution in [0, 0.1) is 0 Å². The lowest BCUT2D eigenvalue weighted by Crippen LogP contribution is -2.16. The van der Waals surface area contributed by atoms with Gasteiger partial charge in [0.05, 0.1) is 12.4 Å². The number of phenols is 1. The maximum atomic E-state index is 11.1. The number of hydrogen-bond acceptors (Lipinski definition) is 4. The summed E-state index contributed by atoms with van der Waals surface area (Å²) in [6, 6.07) is 6.17. The highest BCUT2D eigenvalue weighted by atomic mass is 32.2. The molecule has 5 heteroatoms. The van der Waals surface area contributed by atoms with Crippen LogP contribution in [0.1, 0.15) is 11.5 Å². The van der Waals surface area contributed by atoms with E-state index in [-0.39, 0.29) is 18.1 Å². The molecule has 1 unspecified atom stereocenters. The molecule has 1 aromatic carbocycles. The van der Waals surface area contributed by atoms with Crippen molar-refractivity contribution in [3.05, 3.63) is 29.8 Å². The van der Waals surface area contributed by atoms with E-state index in [9.17, 15) is 8.42 Å². The summed E-state index contributed by atoms with van der Waals surface area (Å²) >= 11 is 0. The minimum absolute atomic E-state index is 0.0890. The number of rotatable bonds is 4. The van der Waals surface area contributed by atoms with Crippen molar-refractivity contribution < 1.29 is 18.6 Å². The third-order valence-electron chi connectivity index (χ3n) is 2.09. The minimum atomic E-state index is -3.12. The maximum Gasteiger partial charge on any atom is 0.148 e. The predicted octanol–water partition coefficient (Wildman–Crippen LogP) is 0.513. The van der Waals surface area contributed by atoms with Crippen LogP contribution in [0.4, 0.5) is 0 Å². The molecular formula is C10H14O4S. The third kappa shape index (κ3) is 3.89. The molecule has 15 heavy (non-hydrogen) atoms. The largest absolute Gasteiger partial charge is 0.508 e. The van der Waals surface area contributed by atoms with E-state index < -0.39 is 15.8 Å². The molecule has 0 amide bonds. The fraction of sp³-hybridized carbons (Fsp3) is 0.400. The number of aliphatic hydroxyl groups is 1. The van der Waals surface area contributed by atoms with Gasteiger partial charge in [-0.1, -0.05) is 12.1 Å². The molecule has 0 spiro atoms. The van der Waals surface area contributed by atoms with Crippen LogP contribution < -0.4 is 0 Å². The van der Waals surface area contributed by atoms with Gasteiger partial charge in [0.2, 0.25) is 0 Å². The molecule has 0 aliphatic heterocycles. The van der Waals surface area contributed by atoms with Crippen molar-refractivity contribution in [2.75, 3.05) is 18.6 Å². The Labute approximate surface area is 89.1 Å². The second-order valence-electron chi connectivity index (χ2n) is 3.56. The monoisotopic (exact) mass is 230 g/mol. The van der Waals surface area contributed by atoms with Crippen LogP contribution in [-0.2, 0) is 9.84 Å². The van der Waals surface area contributed by atoms with Crippen molar-refractivity contribution in [3.63, 3.8) is 0 Å². The second-order valence-corrected chi connectivity index (χ2v) is 5.75. The van der Waals surface area contributed by atoms with Gasteiger partial charge < -0.3 is 10.2 Å². The van der Waals surface area contributed by atoms with Gasteiger partial charge >= 0.3 is 0 Å². The first-order valence-corrected chi connectivity index (χ1v) is 6.56. The highest BCUT2D eigenvalue weighted by Gasteiger charge is 2.16. The van der Waals surface area contributed by atoms with E-state index in [1.807, 2.05) is 0 Å². The molecule has 0 radical (unpaired) electrons. The van der Waals surface area contributed by atoms with Crippen molar-refractivity contribution in [2.24, 2.45) is 0 Å². The fourth-order valence-electron chi connectivity index (χ4n) is 1.37. The van der Waals surface area contributed by atoms with E-state index in [1.54, 1.807) is 12.1 Å². The highest BCUT2D eigenvalue weighted by molar-refractivity contribution is 7.90. The van der Waals surface area contributed by atoms with Crippen LogP contribution in [0.15, 0.2) is 24.3 Å². The molecule has 0 bridgehead atoms. The molecule has 84 valence electrons. The van der Waals surface area contributed by atoms with Gasteiger partial charge in [-0.2, -0.15) is 0 Å². The summed E-state index contributed by atoms with van der Waals surface area (Å²) < 4.78 is 22.2. The SMILES string of the molecule is CS(=O)(=O)CC(CO)c1ccc(O)cc1. The maximum absolute atomic E-state index is 11.1. The topological polar surface area (TPSA) is 74.6 Å². The van der Waals surface area contributed by atoms with Gasteiger partial charge in [0.1, 0.15) is 15.6 Å². The lowest BCUT2D eigenvalue weighted by atomic mass is 10.0. The van der Waals surface area contributed by atoms with E-state index in [4.69, 9.17) is 10.2 Å². The Morgan fingerprint density at radius 1 is 1.27 bits per heavy atom. The standard InChI is InChI=1S/C10H14O4S/c1-15(13,14)7-9(6-11)8-2-4-10(12)5-3-8/h2-5,9,11-12H,6-7H2,1H3. The molecule has 0 aromatic heterocycles. The van der Waals surface area contributed by atoms with Gasteiger partial charge in [0.15, 0.2) is 0 Å². The zero-order chi connectivity index (χ0) is 11.5. The predicted molar refractivity (Wildman–Crippen MR) is 57.6 cm³/mol. The van der Waals surface area contributed by atoms with Crippen molar-refractivity contribution >= 4 is 9.84 Å². The first kappa shape index (κ1) is 12.0. The molecule has 0 saturated carbocycles. The van der Waals surface area contributed by atoms with Gasteiger partial charge in [-0.3, -0.25) is 0 Å². The highest BCUT2D eigenvalue weighted by Crippen LogP contribution is 2.19. The molecule has 1 rings (SSSR count). The lowest BCUT2D eigenvalue weighted by molar-refractivity contribution is 0.273. The van der Waals surface area contributed by atoms with Crippen LogP contribution in [0.3, 0.4) is 0 Å². The zero-order valence-corrected chi connectivity index (χ0v) is 9.24. The molecule has 0 saturated heterocycles. The van der Waals surface area contributed by atoms with Gasteiger partial charge in [0.25, 0.3) is 0 Å². The lowest BCUT2D eigenvalue weighted by Gasteiger charge is -2.13. The minimum Gasteiger partial charge on any atom is -0.508 e. The van der Waals surface area contributed by atoms with Gasteiger partial charge in [-0.05, 0) is 17.7 Å². The summed E-state index contributed by atoms with van der Waals surface area (Å²) in [6.07, 6.45) is 1.13. The molecule has 4 nitrogen and oxygen atoms in total. The molecule has 0 fully saturated rings. The summed E-state index contributed by atoms with van der Waals surface area (Å²) in [5.74, 6) is -0.399. The second kappa shape index (κ2) is 4.63. The number of aromatic hydroxyl groups is 1. The summed E-state index contributed by atoms with van der Waals surface area (Å²) in [5.41, 5.74) is 0.709. The Balaban J connectivity index is 2.88. The van der Waals surface area contributed by atoms with Crippen molar-refractivity contribution in [2.45, 2.75) is 5.92 Å². The molecule has 1 aromatic rings. The third-order valence-corrected chi connectivity index (χ3v) is 3.10. The molecule has 1 atom stereocenters. The molecule has 2 N–H and O–H groups in total. The van der Waals surface area contributed by atoms with E-state index in [1.165, 1.54) is 12.1 Å². The van der Waals surface area contributed by atoms with E-state index in [0.29, 0.717) is 5.56 Å². The number of benzene rings is 1. The zero-order valence-electron chi connectivity index (χ0n) is 8.42. The Bertz CT molecular complexity index is 408. The first-order chi connectivity index (χ1) is 6.92. The van der Waals surface area contributed by atoms with Crippen LogP contribution in [0.5, 0.6) is 5.75 Å². The fourth-order valence-corrected chi connectivity index (χ4v) is 2.40. The van der Waals surface area contributed by atoms with Crippen LogP contribution in [0.2, 0.25) is 0 Å². The van der Waals surface area contributed by atoms with Crippen LogP contribution in [0.25, 0.3) is 0 Å². The van der Waals surface area contributed by atoms with Crippen LogP contribution >= 0.6 is 0 Å². The Kier molecular flexibility index (Phi) is 3.71. The van der Waals surface area contributed by atoms with Gasteiger partial charge in [-0.15, -0.1) is 0 Å². The number of aliphatic hydroxyl groups excluding tert-OH is 1. The molecule has 0 heterocycles. The number of hydrogen-bond donors (Lipinski definition) is 2. The van der Waals surface area contributed by atoms with Gasteiger partial charge in [0, 0.05) is 12.2 Å². The smallest absolute Gasteiger partial charge is 0.148 e. The quantitative estimate of drug-likeness (QED) is 0.790. The van der Waals surface area contributed by atoms with Crippen LogP contribution in [-0.4, -0.2) is 37.2 Å². The molecule has 0 aliphatic rings. The number of phenolic OH excluding ortho intramolecular Hbond substituents is 1. The van der Waals surface area contributed by atoms with Crippen molar-refractivity contribution in [1.29, 1.82) is 0 Å². The van der Waals surface area contributed by atoms with E-state index >= 15 is 0 Å². The van der Waals surface area contributed by atoms with Gasteiger partial charge in [-0.25, -0.2) is 8.42 Å². The average molecular weight is 230 g/mol. The molecule has 0 aliphatic carbocycles. The molecular weight excluding hydrogens is 216 g/mol. The number of sulfone groups is 1. The van der Waals surface area contributed by atoms with Crippen molar-refractivity contribution in [3.8, 4) is 5.75 Å². The average Bonchev–Trinajstić information content (AvgIpc) is 2.14. The Morgan fingerprint density at radius 3 is 2.20 bits per heavy atom. The summed E-state index contributed by atoms with van der Waals surface area (Å²) in [6.45, 7) is -0.224. The normalized spacial score (nSPS) is 13.7. The summed E-state index contributed by atoms with van der Waals surface area (Å²) in [4.78, 5) is 0. The van der Waals surface area contributed by atoms with E-state index in [2.05, 4.69) is 0 Å². The Morgan fingerprint density at radius 2 is 1.80 bits per heavy atom. The summed E-state index contributed by atoms with van der Waals surface area (Å²) in [5, 5.41) is 18.1. The van der Waals surface area contributed by atoms with Crippen molar-refractivity contribution in [1.82, 2.24) is 0 Å². The first-order valence-electron chi connectivity index (χ1n) is 4.50. The Hall–Kier alpha value is -1.07. The van der Waals surface area contributed by atoms with E-state index in [0.717, 1.165) is 6.26 Å². The summed E-state index contributed by atoms with van der Waals surface area (Å²) in [7, 11) is -3.12.